The van der Waals surface area contributed by atoms with Crippen LogP contribution in [-0.2, 0) is 18.9 Å². The molecule has 8 nitrogen and oxygen atoms in total. The van der Waals surface area contributed by atoms with Gasteiger partial charge in [0.25, 0.3) is 0 Å². The van der Waals surface area contributed by atoms with Gasteiger partial charge in [0.15, 0.2) is 0 Å². The highest BCUT2D eigenvalue weighted by Gasteiger charge is 2.35. The SMILES string of the molecule is CC(CO)OC(=O)O[C@@H]1C[C@H](C)CC[C@H]1C(C)C.CCC(O)COC(=O)O[C@@H]1C[C@H](C)CC[C@H]1C(C)C. The monoisotopic (exact) mass is 530 g/mol. The fourth-order valence-electron chi connectivity index (χ4n) is 5.29. The van der Waals surface area contributed by atoms with E-state index in [0.29, 0.717) is 41.9 Å². The van der Waals surface area contributed by atoms with E-state index in [-0.39, 0.29) is 25.4 Å². The summed E-state index contributed by atoms with van der Waals surface area (Å²) in [7, 11) is 0. The van der Waals surface area contributed by atoms with Crippen molar-refractivity contribution >= 4 is 12.3 Å². The topological polar surface area (TPSA) is 112 Å². The van der Waals surface area contributed by atoms with Crippen molar-refractivity contribution in [1.82, 2.24) is 0 Å². The van der Waals surface area contributed by atoms with Crippen LogP contribution >= 0.6 is 0 Å². The van der Waals surface area contributed by atoms with E-state index >= 15 is 0 Å². The molecule has 0 aromatic carbocycles. The van der Waals surface area contributed by atoms with Gasteiger partial charge in [-0.25, -0.2) is 9.59 Å². The molecule has 2 N–H and O–H groups in total. The fourth-order valence-corrected chi connectivity index (χ4v) is 5.29. The van der Waals surface area contributed by atoms with E-state index in [1.165, 1.54) is 12.8 Å². The standard InChI is InChI=1S/C15H28O4.C14H26O4/c1-5-12(16)9-18-15(17)19-14-8-11(4)6-7-13(14)10(2)3;1-9(2)12-6-5-10(3)7-13(12)18-14(16)17-11(4)8-15/h10-14,16H,5-9H2,1-4H3;9-13,15H,5-8H2,1-4H3/t11-,12?,13+,14-;10-,11?,12+,13-/m11/s1. The zero-order valence-electron chi connectivity index (χ0n) is 24.5. The molecular formula is C29H54O8. The number of rotatable bonds is 9. The molecule has 218 valence electrons. The summed E-state index contributed by atoms with van der Waals surface area (Å²) in [6.45, 7) is 16.4. The fraction of sp³-hybridized carbons (Fsp3) is 0.931. The van der Waals surface area contributed by atoms with Gasteiger partial charge in [0, 0.05) is 0 Å². The summed E-state index contributed by atoms with van der Waals surface area (Å²) in [5, 5.41) is 18.2. The molecule has 0 aliphatic heterocycles. The molecule has 37 heavy (non-hydrogen) atoms. The number of hydrogen-bond acceptors (Lipinski definition) is 8. The largest absolute Gasteiger partial charge is 0.508 e. The first-order chi connectivity index (χ1) is 17.4. The van der Waals surface area contributed by atoms with Crippen molar-refractivity contribution in [3.63, 3.8) is 0 Å². The minimum absolute atomic E-state index is 0.0178. The molecule has 0 bridgehead atoms. The van der Waals surface area contributed by atoms with E-state index < -0.39 is 24.5 Å². The summed E-state index contributed by atoms with van der Waals surface area (Å²) in [5.41, 5.74) is 0. The molecule has 0 radical (unpaired) electrons. The summed E-state index contributed by atoms with van der Waals surface area (Å²) >= 11 is 0. The number of ether oxygens (including phenoxy) is 4. The van der Waals surface area contributed by atoms with Crippen molar-refractivity contribution < 1.29 is 38.7 Å². The van der Waals surface area contributed by atoms with E-state index in [4.69, 9.17) is 24.1 Å². The van der Waals surface area contributed by atoms with Gasteiger partial charge < -0.3 is 29.2 Å². The lowest BCUT2D eigenvalue weighted by molar-refractivity contribution is -0.0496. The van der Waals surface area contributed by atoms with Gasteiger partial charge in [-0.15, -0.1) is 0 Å². The quantitative estimate of drug-likeness (QED) is 0.332. The second kappa shape index (κ2) is 17.1. The van der Waals surface area contributed by atoms with Gasteiger partial charge in [-0.1, -0.05) is 61.3 Å². The van der Waals surface area contributed by atoms with Gasteiger partial charge >= 0.3 is 12.3 Å². The van der Waals surface area contributed by atoms with Gasteiger partial charge in [0.2, 0.25) is 0 Å². The Labute approximate surface area is 224 Å². The molecule has 8 atom stereocenters. The van der Waals surface area contributed by atoms with Crippen LogP contribution in [0.2, 0.25) is 0 Å². The van der Waals surface area contributed by atoms with Gasteiger partial charge in [-0.2, -0.15) is 0 Å². The summed E-state index contributed by atoms with van der Waals surface area (Å²) in [5.74, 6) is 3.03. The maximum Gasteiger partial charge on any atom is 0.508 e. The summed E-state index contributed by atoms with van der Waals surface area (Å²) < 4.78 is 20.8. The highest BCUT2D eigenvalue weighted by atomic mass is 16.7. The van der Waals surface area contributed by atoms with Crippen molar-refractivity contribution in [1.29, 1.82) is 0 Å². The Bertz CT molecular complexity index is 652. The predicted molar refractivity (Wildman–Crippen MR) is 143 cm³/mol. The molecular weight excluding hydrogens is 476 g/mol. The van der Waals surface area contributed by atoms with Crippen LogP contribution in [0.25, 0.3) is 0 Å². The highest BCUT2D eigenvalue weighted by Crippen LogP contribution is 2.36. The first kappa shape index (κ1) is 33.5. The maximum absolute atomic E-state index is 11.7. The van der Waals surface area contributed by atoms with E-state index in [0.717, 1.165) is 25.7 Å². The summed E-state index contributed by atoms with van der Waals surface area (Å²) in [4.78, 5) is 23.3. The molecule has 2 rings (SSSR count). The lowest BCUT2D eigenvalue weighted by Gasteiger charge is -2.36. The third-order valence-corrected chi connectivity index (χ3v) is 7.84. The van der Waals surface area contributed by atoms with Crippen molar-refractivity contribution in [3.05, 3.63) is 0 Å². The molecule has 0 amide bonds. The molecule has 2 aliphatic carbocycles. The molecule has 2 unspecified atom stereocenters. The average Bonchev–Trinajstić information content (AvgIpc) is 2.82. The Kier molecular flexibility index (Phi) is 15.5. The van der Waals surface area contributed by atoms with Crippen LogP contribution in [-0.4, -0.2) is 60.2 Å². The van der Waals surface area contributed by atoms with E-state index in [1.54, 1.807) is 6.92 Å². The summed E-state index contributed by atoms with van der Waals surface area (Å²) in [6, 6.07) is 0. The zero-order chi connectivity index (χ0) is 28.1. The van der Waals surface area contributed by atoms with Crippen LogP contribution in [0.4, 0.5) is 9.59 Å². The Balaban J connectivity index is 0.000000371. The molecule has 0 aromatic rings. The van der Waals surface area contributed by atoms with E-state index in [9.17, 15) is 14.7 Å². The highest BCUT2D eigenvalue weighted by molar-refractivity contribution is 5.60. The van der Waals surface area contributed by atoms with Crippen LogP contribution in [0.3, 0.4) is 0 Å². The van der Waals surface area contributed by atoms with Crippen LogP contribution in [0, 0.1) is 35.5 Å². The minimum atomic E-state index is -0.652. The molecule has 0 spiro atoms. The predicted octanol–water partition coefficient (Wildman–Crippen LogP) is 6.35. The average molecular weight is 531 g/mol. The van der Waals surface area contributed by atoms with Crippen molar-refractivity contribution in [2.75, 3.05) is 13.2 Å². The van der Waals surface area contributed by atoms with Crippen molar-refractivity contribution in [2.45, 2.75) is 125 Å². The Morgan fingerprint density at radius 3 is 1.68 bits per heavy atom. The van der Waals surface area contributed by atoms with Gasteiger partial charge in [0.05, 0.1) is 12.7 Å². The van der Waals surface area contributed by atoms with Crippen LogP contribution in [0.1, 0.15) is 100 Å². The lowest BCUT2D eigenvalue weighted by atomic mass is 9.75. The van der Waals surface area contributed by atoms with Crippen LogP contribution < -0.4 is 0 Å². The molecule has 0 aromatic heterocycles. The Morgan fingerprint density at radius 1 is 0.811 bits per heavy atom. The van der Waals surface area contributed by atoms with E-state index in [2.05, 4.69) is 41.5 Å². The van der Waals surface area contributed by atoms with Crippen molar-refractivity contribution in [2.24, 2.45) is 35.5 Å². The maximum atomic E-state index is 11.7. The normalized spacial score (nSPS) is 29.5. The first-order valence-electron chi connectivity index (χ1n) is 14.4. The number of carbonyl (C=O) groups excluding carboxylic acids is 2. The molecule has 0 saturated heterocycles. The second-order valence-corrected chi connectivity index (χ2v) is 11.9. The number of hydrogen-bond donors (Lipinski definition) is 2. The Hall–Kier alpha value is -1.54. The third kappa shape index (κ3) is 12.7. The molecule has 0 heterocycles. The Morgan fingerprint density at radius 2 is 1.27 bits per heavy atom. The molecule has 2 fully saturated rings. The van der Waals surface area contributed by atoms with Crippen LogP contribution in [0.5, 0.6) is 0 Å². The number of aliphatic hydroxyl groups is 2. The second-order valence-electron chi connectivity index (χ2n) is 11.9. The molecule has 8 heteroatoms. The first-order valence-corrected chi connectivity index (χ1v) is 14.4. The third-order valence-electron chi connectivity index (χ3n) is 7.84. The van der Waals surface area contributed by atoms with Gasteiger partial charge in [-0.3, -0.25) is 0 Å². The van der Waals surface area contributed by atoms with Crippen LogP contribution in [0.15, 0.2) is 0 Å². The smallest absolute Gasteiger partial charge is 0.432 e. The van der Waals surface area contributed by atoms with Crippen molar-refractivity contribution in [3.8, 4) is 0 Å². The zero-order valence-corrected chi connectivity index (χ0v) is 24.5. The van der Waals surface area contributed by atoms with Gasteiger partial charge in [0.1, 0.15) is 24.9 Å². The molecule has 2 aliphatic rings. The minimum Gasteiger partial charge on any atom is -0.432 e. The number of aliphatic hydroxyl groups excluding tert-OH is 2. The van der Waals surface area contributed by atoms with E-state index in [1.807, 2.05) is 6.92 Å². The summed E-state index contributed by atoms with van der Waals surface area (Å²) in [6.07, 6.45) is 4.51. The van der Waals surface area contributed by atoms with Gasteiger partial charge in [-0.05, 0) is 74.5 Å². The molecule has 2 saturated carbocycles. The number of carbonyl (C=O) groups is 2. The lowest BCUT2D eigenvalue weighted by Crippen LogP contribution is -2.36.